The number of nitrogens with one attached hydrogen (secondary N) is 3. The number of hydrogen-bond donors (Lipinski definition) is 3. The van der Waals surface area contributed by atoms with E-state index in [2.05, 4.69) is 25.3 Å². The highest BCUT2D eigenvalue weighted by Crippen LogP contribution is 2.24. The van der Waals surface area contributed by atoms with Crippen LogP contribution in [0, 0.1) is 0 Å². The Balaban J connectivity index is 1.96. The van der Waals surface area contributed by atoms with Crippen molar-refractivity contribution >= 4 is 28.6 Å². The summed E-state index contributed by atoms with van der Waals surface area (Å²) in [7, 11) is 0. The quantitative estimate of drug-likeness (QED) is 0.727. The van der Waals surface area contributed by atoms with E-state index in [9.17, 15) is 4.79 Å². The van der Waals surface area contributed by atoms with Crippen molar-refractivity contribution in [3.63, 3.8) is 0 Å². The molecule has 0 bridgehead atoms. The van der Waals surface area contributed by atoms with Crippen LogP contribution in [0.2, 0.25) is 5.28 Å². The third kappa shape index (κ3) is 2.20. The second-order valence-electron chi connectivity index (χ2n) is 4.62. The van der Waals surface area contributed by atoms with Gasteiger partial charge in [0.05, 0.1) is 0 Å². The maximum absolute atomic E-state index is 11.3. The van der Waals surface area contributed by atoms with Crippen molar-refractivity contribution in [3.05, 3.63) is 15.8 Å². The molecule has 3 rings (SSSR count). The van der Waals surface area contributed by atoms with E-state index in [0.29, 0.717) is 23.0 Å². The molecule has 1 fully saturated rings. The first-order chi connectivity index (χ1) is 8.72. The summed E-state index contributed by atoms with van der Waals surface area (Å²) in [5, 5.41) is 3.49. The number of imidazole rings is 1. The normalized spacial score (nSPS) is 17.2. The Kier molecular flexibility index (Phi) is 2.95. The lowest BCUT2D eigenvalue weighted by Gasteiger charge is -2.23. The maximum Gasteiger partial charge on any atom is 0.325 e. The molecule has 0 unspecified atom stereocenters. The summed E-state index contributed by atoms with van der Waals surface area (Å²) in [6.07, 6.45) is 5.99. The van der Waals surface area contributed by atoms with Gasteiger partial charge in [0.1, 0.15) is 5.52 Å². The lowest BCUT2D eigenvalue weighted by molar-refractivity contribution is 0.462. The second-order valence-corrected chi connectivity index (χ2v) is 4.96. The fourth-order valence-corrected chi connectivity index (χ4v) is 2.61. The van der Waals surface area contributed by atoms with E-state index in [1.807, 2.05) is 0 Å². The molecule has 18 heavy (non-hydrogen) atoms. The molecule has 2 aromatic heterocycles. The standard InChI is InChI=1S/C11H14ClN5O/c12-10-15-8(13-6-4-2-1-3-5-6)7-9(16-10)17-11(18)14-7/h6H,1-5H2,(H3,13,14,15,16,17,18). The molecule has 2 aromatic rings. The molecule has 3 N–H and O–H groups in total. The molecule has 0 radical (unpaired) electrons. The van der Waals surface area contributed by atoms with Crippen molar-refractivity contribution in [3.8, 4) is 0 Å². The highest BCUT2D eigenvalue weighted by Gasteiger charge is 2.16. The van der Waals surface area contributed by atoms with Gasteiger partial charge in [-0.1, -0.05) is 19.3 Å². The number of H-pyrrole nitrogens is 2. The fraction of sp³-hybridized carbons (Fsp3) is 0.545. The zero-order chi connectivity index (χ0) is 12.5. The van der Waals surface area contributed by atoms with Crippen LogP contribution < -0.4 is 11.0 Å². The van der Waals surface area contributed by atoms with Crippen molar-refractivity contribution in [2.24, 2.45) is 0 Å². The number of aromatic amines is 2. The summed E-state index contributed by atoms with van der Waals surface area (Å²) < 4.78 is 0. The SMILES string of the molecule is O=c1[nH]c2nc(Cl)nc(NC3CCCCC3)c2[nH]1. The van der Waals surface area contributed by atoms with Gasteiger partial charge in [0.25, 0.3) is 0 Å². The van der Waals surface area contributed by atoms with E-state index in [1.54, 1.807) is 0 Å². The van der Waals surface area contributed by atoms with Gasteiger partial charge in [0, 0.05) is 6.04 Å². The first-order valence-electron chi connectivity index (χ1n) is 6.14. The van der Waals surface area contributed by atoms with Crippen molar-refractivity contribution in [1.82, 2.24) is 19.9 Å². The Labute approximate surface area is 108 Å². The van der Waals surface area contributed by atoms with Gasteiger partial charge in [0.2, 0.25) is 5.28 Å². The Bertz CT molecular complexity index is 613. The Morgan fingerprint density at radius 3 is 2.72 bits per heavy atom. The number of anilines is 1. The van der Waals surface area contributed by atoms with Crippen molar-refractivity contribution in [1.29, 1.82) is 0 Å². The molecule has 1 saturated carbocycles. The van der Waals surface area contributed by atoms with Crippen molar-refractivity contribution in [2.75, 3.05) is 5.32 Å². The van der Waals surface area contributed by atoms with E-state index >= 15 is 0 Å². The third-order valence-corrected chi connectivity index (χ3v) is 3.47. The monoisotopic (exact) mass is 267 g/mol. The summed E-state index contributed by atoms with van der Waals surface area (Å²) >= 11 is 5.85. The van der Waals surface area contributed by atoms with Gasteiger partial charge in [-0.05, 0) is 24.4 Å². The summed E-state index contributed by atoms with van der Waals surface area (Å²) in [6, 6.07) is 0.395. The van der Waals surface area contributed by atoms with Gasteiger partial charge >= 0.3 is 5.69 Å². The number of halogens is 1. The molecule has 0 atom stereocenters. The predicted octanol–water partition coefficient (Wildman–Crippen LogP) is 2.04. The molecule has 7 heteroatoms. The molecule has 6 nitrogen and oxygen atoms in total. The highest BCUT2D eigenvalue weighted by atomic mass is 35.5. The lowest BCUT2D eigenvalue weighted by Crippen LogP contribution is -2.23. The van der Waals surface area contributed by atoms with Crippen LogP contribution in [0.3, 0.4) is 0 Å². The Hall–Kier alpha value is -1.56. The minimum Gasteiger partial charge on any atom is -0.365 e. The molecular weight excluding hydrogens is 254 g/mol. The largest absolute Gasteiger partial charge is 0.365 e. The summed E-state index contributed by atoms with van der Waals surface area (Å²) in [5.74, 6) is 0.607. The van der Waals surface area contributed by atoms with Gasteiger partial charge in [-0.2, -0.15) is 9.97 Å². The molecule has 0 aromatic carbocycles. The summed E-state index contributed by atoms with van der Waals surface area (Å²) in [6.45, 7) is 0. The number of hydrogen-bond acceptors (Lipinski definition) is 4. The predicted molar refractivity (Wildman–Crippen MR) is 70.0 cm³/mol. The van der Waals surface area contributed by atoms with Crippen LogP contribution in [-0.4, -0.2) is 26.0 Å². The first-order valence-corrected chi connectivity index (χ1v) is 6.52. The fourth-order valence-electron chi connectivity index (χ4n) is 2.44. The van der Waals surface area contributed by atoms with Crippen LogP contribution >= 0.6 is 11.6 Å². The molecule has 1 aliphatic rings. The van der Waals surface area contributed by atoms with E-state index in [0.717, 1.165) is 12.8 Å². The van der Waals surface area contributed by atoms with E-state index in [1.165, 1.54) is 19.3 Å². The Morgan fingerprint density at radius 2 is 1.94 bits per heavy atom. The van der Waals surface area contributed by atoms with E-state index in [-0.39, 0.29) is 11.0 Å². The van der Waals surface area contributed by atoms with Crippen LogP contribution in [-0.2, 0) is 0 Å². The van der Waals surface area contributed by atoms with Crippen LogP contribution in [0.5, 0.6) is 0 Å². The first kappa shape index (κ1) is 11.5. The minimum atomic E-state index is -0.298. The van der Waals surface area contributed by atoms with Crippen LogP contribution in [0.25, 0.3) is 11.2 Å². The van der Waals surface area contributed by atoms with Gasteiger partial charge in [-0.25, -0.2) is 4.79 Å². The molecule has 0 saturated heterocycles. The van der Waals surface area contributed by atoms with Crippen LogP contribution in [0.15, 0.2) is 4.79 Å². The molecular formula is C11H14ClN5O. The second kappa shape index (κ2) is 4.61. The van der Waals surface area contributed by atoms with Gasteiger partial charge < -0.3 is 10.3 Å². The molecule has 96 valence electrons. The van der Waals surface area contributed by atoms with Gasteiger partial charge in [-0.15, -0.1) is 0 Å². The molecule has 0 aliphatic heterocycles. The molecule has 2 heterocycles. The number of nitrogens with zero attached hydrogens (tertiary/aromatic N) is 2. The summed E-state index contributed by atoms with van der Waals surface area (Å²) in [5.41, 5.74) is 0.738. The van der Waals surface area contributed by atoms with Gasteiger partial charge in [-0.3, -0.25) is 4.98 Å². The van der Waals surface area contributed by atoms with E-state index in [4.69, 9.17) is 11.6 Å². The number of rotatable bonds is 2. The minimum absolute atomic E-state index is 0.135. The smallest absolute Gasteiger partial charge is 0.325 e. The summed E-state index contributed by atoms with van der Waals surface area (Å²) in [4.78, 5) is 24.7. The molecule has 0 spiro atoms. The molecule has 0 amide bonds. The average Bonchev–Trinajstić information content (AvgIpc) is 2.71. The average molecular weight is 268 g/mol. The topological polar surface area (TPSA) is 86.5 Å². The zero-order valence-corrected chi connectivity index (χ0v) is 10.5. The van der Waals surface area contributed by atoms with E-state index < -0.39 is 0 Å². The third-order valence-electron chi connectivity index (χ3n) is 3.30. The zero-order valence-electron chi connectivity index (χ0n) is 9.79. The van der Waals surface area contributed by atoms with Crippen LogP contribution in [0.1, 0.15) is 32.1 Å². The highest BCUT2D eigenvalue weighted by molar-refractivity contribution is 6.28. The van der Waals surface area contributed by atoms with Crippen molar-refractivity contribution < 1.29 is 0 Å². The molecule has 1 aliphatic carbocycles. The Morgan fingerprint density at radius 1 is 1.17 bits per heavy atom. The van der Waals surface area contributed by atoms with Gasteiger partial charge in [0.15, 0.2) is 11.5 Å². The number of aromatic nitrogens is 4. The lowest BCUT2D eigenvalue weighted by atomic mass is 9.95. The van der Waals surface area contributed by atoms with Crippen LogP contribution in [0.4, 0.5) is 5.82 Å². The number of fused-ring (bicyclic) bond motifs is 1. The maximum atomic E-state index is 11.3. The van der Waals surface area contributed by atoms with Crippen molar-refractivity contribution in [2.45, 2.75) is 38.1 Å².